The van der Waals surface area contributed by atoms with Gasteiger partial charge in [0.05, 0.1) is 26.4 Å². The van der Waals surface area contributed by atoms with Crippen LogP contribution in [0.25, 0.3) is 0 Å². The highest BCUT2D eigenvalue weighted by Gasteiger charge is 2.30. The van der Waals surface area contributed by atoms with Gasteiger partial charge in [0, 0.05) is 25.7 Å². The molecule has 0 rings (SSSR count). The molecule has 0 aromatic heterocycles. The Morgan fingerprint density at radius 2 is 0.490 bits per heavy atom. The summed E-state index contributed by atoms with van der Waals surface area (Å²) in [5.74, 6) is 0.255. The molecule has 19 heteroatoms. The van der Waals surface area contributed by atoms with Crippen LogP contribution >= 0.6 is 15.6 Å². The van der Waals surface area contributed by atoms with Crippen molar-refractivity contribution in [3.8, 4) is 0 Å². The zero-order chi connectivity index (χ0) is 76.5. The van der Waals surface area contributed by atoms with E-state index in [0.717, 1.165) is 108 Å². The molecule has 0 bridgehead atoms. The topological polar surface area (TPSA) is 237 Å². The van der Waals surface area contributed by atoms with Gasteiger partial charge in [0.15, 0.2) is 12.2 Å². The van der Waals surface area contributed by atoms with Gasteiger partial charge < -0.3 is 33.8 Å². The third-order valence-corrected chi connectivity index (χ3v) is 22.1. The van der Waals surface area contributed by atoms with E-state index < -0.39 is 97.5 Å². The molecule has 0 aliphatic rings. The van der Waals surface area contributed by atoms with Crippen LogP contribution in [-0.2, 0) is 65.4 Å². The Labute approximate surface area is 638 Å². The molecule has 0 aromatic carbocycles. The Morgan fingerprint density at radius 1 is 0.279 bits per heavy atom. The molecular weight excluding hydrogens is 1350 g/mol. The summed E-state index contributed by atoms with van der Waals surface area (Å²) in [5.41, 5.74) is 0. The first-order valence-corrected chi connectivity index (χ1v) is 46.9. The fourth-order valence-electron chi connectivity index (χ4n) is 13.2. The first-order chi connectivity index (χ1) is 50.3. The van der Waals surface area contributed by atoms with Crippen LogP contribution in [0, 0.1) is 17.8 Å². The number of phosphoric acid groups is 2. The third kappa shape index (κ3) is 76.8. The quantitative estimate of drug-likeness (QED) is 0.0222. The lowest BCUT2D eigenvalue weighted by atomic mass is 9.99. The van der Waals surface area contributed by atoms with Gasteiger partial charge in [-0.2, -0.15) is 0 Å². The van der Waals surface area contributed by atoms with Gasteiger partial charge in [-0.25, -0.2) is 9.13 Å². The maximum Gasteiger partial charge on any atom is 0.472 e. The Morgan fingerprint density at radius 3 is 0.731 bits per heavy atom. The molecular formula is C85H166O17P2. The number of hydrogen-bond acceptors (Lipinski definition) is 15. The molecule has 0 aliphatic carbocycles. The molecule has 0 amide bonds. The maximum atomic E-state index is 13.1. The molecule has 6 atom stereocenters. The normalized spacial score (nSPS) is 14.2. The Balaban J connectivity index is 5.20. The van der Waals surface area contributed by atoms with Gasteiger partial charge in [-0.05, 0) is 43.4 Å². The van der Waals surface area contributed by atoms with E-state index in [0.29, 0.717) is 31.6 Å². The molecule has 17 nitrogen and oxygen atoms in total. The van der Waals surface area contributed by atoms with E-state index in [-0.39, 0.29) is 25.7 Å². The average Bonchev–Trinajstić information content (AvgIpc) is 0.907. The van der Waals surface area contributed by atoms with Gasteiger partial charge in [0.1, 0.15) is 19.3 Å². The second-order valence-electron chi connectivity index (χ2n) is 31.8. The van der Waals surface area contributed by atoms with E-state index >= 15 is 0 Å². The van der Waals surface area contributed by atoms with Crippen LogP contribution in [0.4, 0.5) is 0 Å². The molecule has 0 spiro atoms. The van der Waals surface area contributed by atoms with Crippen LogP contribution in [0.3, 0.4) is 0 Å². The number of carbonyl (C=O) groups excluding carboxylic acids is 4. The number of unbranched alkanes of at least 4 members (excludes halogenated alkanes) is 50. The van der Waals surface area contributed by atoms with Crippen molar-refractivity contribution in [3.05, 3.63) is 0 Å². The van der Waals surface area contributed by atoms with Gasteiger partial charge in [0.2, 0.25) is 0 Å². The molecule has 0 saturated carbocycles. The van der Waals surface area contributed by atoms with Crippen LogP contribution in [-0.4, -0.2) is 96.7 Å². The summed E-state index contributed by atoms with van der Waals surface area (Å²) in [7, 11) is -9.92. The molecule has 0 heterocycles. The monoisotopic (exact) mass is 1520 g/mol. The number of ether oxygens (including phenoxy) is 4. The Hall–Kier alpha value is -1.94. The van der Waals surface area contributed by atoms with Crippen molar-refractivity contribution in [2.75, 3.05) is 39.6 Å². The predicted molar refractivity (Wildman–Crippen MR) is 428 cm³/mol. The van der Waals surface area contributed by atoms with Crippen molar-refractivity contribution in [2.24, 2.45) is 17.8 Å². The highest BCUT2D eigenvalue weighted by atomic mass is 31.2. The second kappa shape index (κ2) is 75.1. The summed E-state index contributed by atoms with van der Waals surface area (Å²) >= 11 is 0. The molecule has 0 aliphatic heterocycles. The van der Waals surface area contributed by atoms with Gasteiger partial charge in [-0.3, -0.25) is 37.3 Å². The van der Waals surface area contributed by atoms with Gasteiger partial charge in [0.25, 0.3) is 0 Å². The lowest BCUT2D eigenvalue weighted by molar-refractivity contribution is -0.161. The first kappa shape index (κ1) is 102. The molecule has 618 valence electrons. The summed E-state index contributed by atoms with van der Waals surface area (Å²) in [5, 5.41) is 10.7. The van der Waals surface area contributed by atoms with Gasteiger partial charge in [-0.15, -0.1) is 0 Å². The van der Waals surface area contributed by atoms with E-state index in [2.05, 4.69) is 48.5 Å². The van der Waals surface area contributed by atoms with Crippen LogP contribution in [0.15, 0.2) is 0 Å². The van der Waals surface area contributed by atoms with Crippen LogP contribution in [0.2, 0.25) is 0 Å². The second-order valence-corrected chi connectivity index (χ2v) is 34.7. The van der Waals surface area contributed by atoms with Crippen molar-refractivity contribution < 1.29 is 80.2 Å². The standard InChI is InChI=1S/C85H166O17P2/c1-8-10-11-12-13-14-15-16-29-35-40-45-54-61-68-85(90)102-81(73-96-83(88)67-60-53-48-47-50-57-64-77(5)6)75-100-104(93,94)98-71-79(86)70-97-103(91,92)99-74-80(72-95-82(87)66-59-52-44-39-34-30-25-22-21-23-27-32-37-42-49-56-63-76(3)4)101-84(89)69-62-55-46-41-36-31-26-20-18-17-19-24-28-33-38-43-51-58-65-78(7)9-2/h76-81,86H,8-75H2,1-7H3,(H,91,92)(H,93,94)/t78?,79-,80-,81-/m1/s1. The minimum Gasteiger partial charge on any atom is -0.462 e. The number of esters is 4. The summed E-state index contributed by atoms with van der Waals surface area (Å²) in [6.45, 7) is 12.0. The summed E-state index contributed by atoms with van der Waals surface area (Å²) in [6.07, 6.45) is 65.4. The molecule has 0 aromatic rings. The Bertz CT molecular complexity index is 2010. The van der Waals surface area contributed by atoms with Gasteiger partial charge >= 0.3 is 39.5 Å². The molecule has 0 fully saturated rings. The highest BCUT2D eigenvalue weighted by Crippen LogP contribution is 2.45. The van der Waals surface area contributed by atoms with Crippen molar-refractivity contribution in [3.63, 3.8) is 0 Å². The average molecular weight is 1520 g/mol. The zero-order valence-corrected chi connectivity index (χ0v) is 70.3. The van der Waals surface area contributed by atoms with E-state index in [1.54, 1.807) is 0 Å². The predicted octanol–water partition coefficient (Wildman–Crippen LogP) is 25.7. The van der Waals surface area contributed by atoms with E-state index in [9.17, 15) is 43.2 Å². The number of hydrogen-bond donors (Lipinski definition) is 3. The van der Waals surface area contributed by atoms with Crippen molar-refractivity contribution in [2.45, 2.75) is 465 Å². The summed E-state index contributed by atoms with van der Waals surface area (Å²) < 4.78 is 68.8. The lowest BCUT2D eigenvalue weighted by Crippen LogP contribution is -2.30. The van der Waals surface area contributed by atoms with Crippen molar-refractivity contribution >= 4 is 39.5 Å². The fourth-order valence-corrected chi connectivity index (χ4v) is 14.7. The minimum absolute atomic E-state index is 0.107. The number of rotatable bonds is 83. The van der Waals surface area contributed by atoms with E-state index in [4.69, 9.17) is 37.0 Å². The summed E-state index contributed by atoms with van der Waals surface area (Å²) in [6, 6.07) is 0. The SMILES string of the molecule is CCCCCCCCCCCCCCCCC(=O)O[C@H](COC(=O)CCCCCCCCC(C)C)COP(=O)(O)OC[C@H](O)COP(=O)(O)OC[C@@H](COC(=O)CCCCCCCCCCCCCCCCCCC(C)C)OC(=O)CCCCCCCCCCCCCCCCCCCCC(C)CC. The van der Waals surface area contributed by atoms with Crippen LogP contribution in [0.1, 0.15) is 447 Å². The first-order valence-electron chi connectivity index (χ1n) is 43.9. The molecule has 0 saturated heterocycles. The molecule has 3 N–H and O–H groups in total. The molecule has 0 radical (unpaired) electrons. The maximum absolute atomic E-state index is 13.1. The number of aliphatic hydroxyl groups is 1. The van der Waals surface area contributed by atoms with E-state index in [1.165, 1.54) is 250 Å². The highest BCUT2D eigenvalue weighted by molar-refractivity contribution is 7.47. The van der Waals surface area contributed by atoms with Crippen LogP contribution < -0.4 is 0 Å². The van der Waals surface area contributed by atoms with Crippen LogP contribution in [0.5, 0.6) is 0 Å². The van der Waals surface area contributed by atoms with Crippen molar-refractivity contribution in [1.29, 1.82) is 0 Å². The number of phosphoric ester groups is 2. The summed E-state index contributed by atoms with van der Waals surface area (Å²) in [4.78, 5) is 73.1. The number of carbonyl (C=O) groups is 4. The minimum atomic E-state index is -4.97. The largest absolute Gasteiger partial charge is 0.472 e. The molecule has 104 heavy (non-hydrogen) atoms. The van der Waals surface area contributed by atoms with E-state index in [1.807, 2.05) is 0 Å². The van der Waals surface area contributed by atoms with Gasteiger partial charge in [-0.1, -0.05) is 395 Å². The third-order valence-electron chi connectivity index (χ3n) is 20.2. The zero-order valence-electron chi connectivity index (χ0n) is 68.5. The smallest absolute Gasteiger partial charge is 0.462 e. The fraction of sp³-hybridized carbons (Fsp3) is 0.953. The lowest BCUT2D eigenvalue weighted by Gasteiger charge is -2.21. The Kier molecular flexibility index (Phi) is 73.7. The van der Waals surface area contributed by atoms with Crippen molar-refractivity contribution in [1.82, 2.24) is 0 Å². The molecule has 3 unspecified atom stereocenters. The number of aliphatic hydroxyl groups excluding tert-OH is 1.